The number of nitrogens with zero attached hydrogens (tertiary/aromatic N) is 1. The molecule has 1 aliphatic heterocycles. The Morgan fingerprint density at radius 3 is 3.05 bits per heavy atom. The number of hydrogen-bond acceptors (Lipinski definition) is 3. The van der Waals surface area contributed by atoms with Gasteiger partial charge in [-0.1, -0.05) is 18.2 Å². The zero-order chi connectivity index (χ0) is 14.8. The third-order valence-corrected chi connectivity index (χ3v) is 3.90. The van der Waals surface area contributed by atoms with Crippen LogP contribution in [0.3, 0.4) is 0 Å². The molecule has 0 spiro atoms. The van der Waals surface area contributed by atoms with Crippen molar-refractivity contribution in [3.05, 3.63) is 36.1 Å². The number of aliphatic hydroxyl groups is 1. The molecule has 2 heterocycles. The van der Waals surface area contributed by atoms with Gasteiger partial charge in [-0.25, -0.2) is 4.79 Å². The SMILES string of the molecule is CC(NC(=O)N1CCCC(O)C1)c1cc2ccccc2o1. The van der Waals surface area contributed by atoms with Crippen LogP contribution in [0.5, 0.6) is 0 Å². The molecule has 112 valence electrons. The number of piperidine rings is 1. The maximum Gasteiger partial charge on any atom is 0.318 e. The number of fused-ring (bicyclic) bond motifs is 1. The summed E-state index contributed by atoms with van der Waals surface area (Å²) < 4.78 is 5.76. The van der Waals surface area contributed by atoms with E-state index in [1.165, 1.54) is 0 Å². The first kappa shape index (κ1) is 13.9. The molecule has 2 N–H and O–H groups in total. The molecule has 1 aliphatic rings. The number of benzene rings is 1. The zero-order valence-corrected chi connectivity index (χ0v) is 12.1. The lowest BCUT2D eigenvalue weighted by Gasteiger charge is -2.30. The molecule has 2 aromatic rings. The number of hydrogen-bond donors (Lipinski definition) is 2. The molecule has 0 saturated carbocycles. The number of carbonyl (C=O) groups is 1. The summed E-state index contributed by atoms with van der Waals surface area (Å²) in [5.41, 5.74) is 0.821. The highest BCUT2D eigenvalue weighted by Gasteiger charge is 2.24. The number of aliphatic hydroxyl groups excluding tert-OH is 1. The Kier molecular flexibility index (Phi) is 3.84. The number of β-amino-alcohol motifs (C(OH)–C–C–N with tert-alkyl or cyclic N) is 1. The Labute approximate surface area is 123 Å². The fourth-order valence-corrected chi connectivity index (χ4v) is 2.70. The van der Waals surface area contributed by atoms with E-state index in [1.807, 2.05) is 37.3 Å². The topological polar surface area (TPSA) is 65.7 Å². The van der Waals surface area contributed by atoms with E-state index in [-0.39, 0.29) is 12.1 Å². The molecule has 3 rings (SSSR count). The first-order chi connectivity index (χ1) is 10.1. The molecular weight excluding hydrogens is 268 g/mol. The second-order valence-electron chi connectivity index (χ2n) is 5.60. The molecular formula is C16H20N2O3. The molecule has 2 unspecified atom stereocenters. The van der Waals surface area contributed by atoms with Gasteiger partial charge in [-0.2, -0.15) is 0 Å². The minimum Gasteiger partial charge on any atom is -0.459 e. The number of para-hydroxylation sites is 1. The molecule has 1 saturated heterocycles. The van der Waals surface area contributed by atoms with Crippen LogP contribution in [0.15, 0.2) is 34.7 Å². The number of likely N-dealkylation sites (tertiary alicyclic amines) is 1. The van der Waals surface area contributed by atoms with Crippen molar-refractivity contribution in [2.45, 2.75) is 31.9 Å². The van der Waals surface area contributed by atoms with Crippen molar-refractivity contribution in [2.75, 3.05) is 13.1 Å². The molecule has 1 aromatic carbocycles. The van der Waals surface area contributed by atoms with Gasteiger partial charge >= 0.3 is 6.03 Å². The summed E-state index contributed by atoms with van der Waals surface area (Å²) in [5, 5.41) is 13.6. The molecule has 5 heteroatoms. The molecule has 21 heavy (non-hydrogen) atoms. The van der Waals surface area contributed by atoms with Crippen molar-refractivity contribution in [2.24, 2.45) is 0 Å². The molecule has 0 bridgehead atoms. The monoisotopic (exact) mass is 288 g/mol. The van der Waals surface area contributed by atoms with Crippen molar-refractivity contribution in [1.82, 2.24) is 10.2 Å². The first-order valence-corrected chi connectivity index (χ1v) is 7.35. The summed E-state index contributed by atoms with van der Waals surface area (Å²) in [6.45, 7) is 2.99. The van der Waals surface area contributed by atoms with Gasteiger partial charge in [0.25, 0.3) is 0 Å². The Morgan fingerprint density at radius 2 is 2.29 bits per heavy atom. The maximum atomic E-state index is 12.2. The highest BCUT2D eigenvalue weighted by Crippen LogP contribution is 2.23. The second kappa shape index (κ2) is 5.77. The molecule has 5 nitrogen and oxygen atoms in total. The highest BCUT2D eigenvalue weighted by atomic mass is 16.3. The van der Waals surface area contributed by atoms with E-state index in [0.29, 0.717) is 13.1 Å². The summed E-state index contributed by atoms with van der Waals surface area (Å²) in [7, 11) is 0. The van der Waals surface area contributed by atoms with Crippen LogP contribution in [0.4, 0.5) is 4.79 Å². The van der Waals surface area contributed by atoms with Gasteiger partial charge in [-0.05, 0) is 31.9 Å². The lowest BCUT2D eigenvalue weighted by atomic mass is 10.1. The van der Waals surface area contributed by atoms with Gasteiger partial charge in [0, 0.05) is 18.5 Å². The van der Waals surface area contributed by atoms with Gasteiger partial charge in [0.05, 0.1) is 12.1 Å². The Hall–Kier alpha value is -2.01. The third-order valence-electron chi connectivity index (χ3n) is 3.90. The number of urea groups is 1. The van der Waals surface area contributed by atoms with E-state index in [9.17, 15) is 9.90 Å². The smallest absolute Gasteiger partial charge is 0.318 e. The number of rotatable bonds is 2. The molecule has 2 atom stereocenters. The van der Waals surface area contributed by atoms with Crippen molar-refractivity contribution < 1.29 is 14.3 Å². The van der Waals surface area contributed by atoms with Gasteiger partial charge in [-0.3, -0.25) is 0 Å². The minimum atomic E-state index is -0.411. The highest BCUT2D eigenvalue weighted by molar-refractivity contribution is 5.78. The van der Waals surface area contributed by atoms with Crippen molar-refractivity contribution in [3.63, 3.8) is 0 Å². The number of amides is 2. The van der Waals surface area contributed by atoms with Gasteiger partial charge in [0.1, 0.15) is 11.3 Å². The molecule has 0 aliphatic carbocycles. The number of furan rings is 1. The predicted molar refractivity (Wildman–Crippen MR) is 80.0 cm³/mol. The van der Waals surface area contributed by atoms with E-state index in [0.717, 1.165) is 29.6 Å². The summed E-state index contributed by atoms with van der Waals surface area (Å²) in [6, 6.07) is 9.37. The van der Waals surface area contributed by atoms with Gasteiger partial charge in [0.15, 0.2) is 0 Å². The van der Waals surface area contributed by atoms with E-state index in [4.69, 9.17) is 4.42 Å². The van der Waals surface area contributed by atoms with Crippen LogP contribution < -0.4 is 5.32 Å². The Morgan fingerprint density at radius 1 is 1.48 bits per heavy atom. The van der Waals surface area contributed by atoms with Gasteiger partial charge in [-0.15, -0.1) is 0 Å². The average molecular weight is 288 g/mol. The summed E-state index contributed by atoms with van der Waals surface area (Å²) in [5.74, 6) is 0.738. The normalized spacial score (nSPS) is 20.5. The van der Waals surface area contributed by atoms with Crippen LogP contribution in [0.2, 0.25) is 0 Å². The largest absolute Gasteiger partial charge is 0.459 e. The Bertz CT molecular complexity index is 604. The van der Waals surface area contributed by atoms with Gasteiger partial charge < -0.3 is 19.7 Å². The molecule has 1 fully saturated rings. The van der Waals surface area contributed by atoms with E-state index < -0.39 is 6.10 Å². The third kappa shape index (κ3) is 3.03. The molecule has 1 aromatic heterocycles. The Balaban J connectivity index is 1.67. The number of nitrogens with one attached hydrogen (secondary N) is 1. The summed E-state index contributed by atoms with van der Waals surface area (Å²) >= 11 is 0. The minimum absolute atomic E-state index is 0.151. The lowest BCUT2D eigenvalue weighted by Crippen LogP contribution is -2.47. The maximum absolute atomic E-state index is 12.2. The molecule has 0 radical (unpaired) electrons. The predicted octanol–water partition coefficient (Wildman–Crippen LogP) is 2.66. The number of carbonyl (C=O) groups excluding carboxylic acids is 1. The fraction of sp³-hybridized carbons (Fsp3) is 0.438. The first-order valence-electron chi connectivity index (χ1n) is 7.35. The summed E-state index contributed by atoms with van der Waals surface area (Å²) in [4.78, 5) is 13.9. The van der Waals surface area contributed by atoms with Crippen molar-refractivity contribution in [3.8, 4) is 0 Å². The van der Waals surface area contributed by atoms with Crippen LogP contribution in [-0.4, -0.2) is 35.2 Å². The van der Waals surface area contributed by atoms with Gasteiger partial charge in [0.2, 0.25) is 0 Å². The van der Waals surface area contributed by atoms with Crippen molar-refractivity contribution in [1.29, 1.82) is 0 Å². The van der Waals surface area contributed by atoms with Crippen LogP contribution in [0.25, 0.3) is 11.0 Å². The van der Waals surface area contributed by atoms with Crippen molar-refractivity contribution >= 4 is 17.0 Å². The van der Waals surface area contributed by atoms with Crippen LogP contribution in [0, 0.1) is 0 Å². The second-order valence-corrected chi connectivity index (χ2v) is 5.60. The quantitative estimate of drug-likeness (QED) is 0.893. The van der Waals surface area contributed by atoms with Crippen LogP contribution >= 0.6 is 0 Å². The summed E-state index contributed by atoms with van der Waals surface area (Å²) in [6.07, 6.45) is 1.20. The van der Waals surface area contributed by atoms with E-state index >= 15 is 0 Å². The van der Waals surface area contributed by atoms with Crippen LogP contribution in [-0.2, 0) is 0 Å². The lowest BCUT2D eigenvalue weighted by molar-refractivity contribution is 0.0832. The van der Waals surface area contributed by atoms with E-state index in [1.54, 1.807) is 4.90 Å². The van der Waals surface area contributed by atoms with Crippen LogP contribution in [0.1, 0.15) is 31.6 Å². The van der Waals surface area contributed by atoms with E-state index in [2.05, 4.69) is 5.32 Å². The standard InChI is InChI=1S/C16H20N2O3/c1-11(15-9-12-5-2-3-7-14(12)21-15)17-16(20)18-8-4-6-13(19)10-18/h2-3,5,7,9,11,13,19H,4,6,8,10H2,1H3,(H,17,20). The zero-order valence-electron chi connectivity index (χ0n) is 12.1. The average Bonchev–Trinajstić information content (AvgIpc) is 2.91. The fourth-order valence-electron chi connectivity index (χ4n) is 2.70. The molecule has 2 amide bonds.